The van der Waals surface area contributed by atoms with Crippen LogP contribution in [0.5, 0.6) is 0 Å². The maximum absolute atomic E-state index is 11.6. The summed E-state index contributed by atoms with van der Waals surface area (Å²) in [5.74, 6) is 0.0279. The highest BCUT2D eigenvalue weighted by molar-refractivity contribution is 5.81. The Morgan fingerprint density at radius 3 is 2.07 bits per heavy atom. The molecule has 0 radical (unpaired) electrons. The van der Waals surface area contributed by atoms with Crippen LogP contribution in [-0.4, -0.2) is 37.2 Å². The molecule has 4 heteroatoms. The van der Waals surface area contributed by atoms with Gasteiger partial charge in [0.15, 0.2) is 0 Å². The fourth-order valence-corrected chi connectivity index (χ4v) is 1.22. The van der Waals surface area contributed by atoms with Gasteiger partial charge in [-0.3, -0.25) is 4.79 Å². The summed E-state index contributed by atoms with van der Waals surface area (Å²) in [5.41, 5.74) is 0. The SMILES string of the molecule is COC(C)C(C)NC(C)C(=O)NC(C)C. The molecule has 2 N–H and O–H groups in total. The Kier molecular flexibility index (Phi) is 6.52. The van der Waals surface area contributed by atoms with E-state index in [0.29, 0.717) is 0 Å². The Balaban J connectivity index is 4.01. The second-order valence-electron chi connectivity index (χ2n) is 4.28. The van der Waals surface area contributed by atoms with Crippen molar-refractivity contribution in [2.24, 2.45) is 0 Å². The number of rotatable bonds is 6. The zero-order valence-electron chi connectivity index (χ0n) is 10.6. The number of methoxy groups -OCH3 is 1. The van der Waals surface area contributed by atoms with Crippen molar-refractivity contribution in [1.29, 1.82) is 0 Å². The van der Waals surface area contributed by atoms with Crippen molar-refractivity contribution in [2.75, 3.05) is 7.11 Å². The predicted molar refractivity (Wildman–Crippen MR) is 61.8 cm³/mol. The number of amides is 1. The Morgan fingerprint density at radius 2 is 1.67 bits per heavy atom. The molecule has 0 fully saturated rings. The van der Waals surface area contributed by atoms with Crippen LogP contribution < -0.4 is 10.6 Å². The molecule has 0 aliphatic rings. The van der Waals surface area contributed by atoms with Crippen molar-refractivity contribution in [2.45, 2.75) is 58.8 Å². The smallest absolute Gasteiger partial charge is 0.237 e. The highest BCUT2D eigenvalue weighted by Gasteiger charge is 2.18. The van der Waals surface area contributed by atoms with Gasteiger partial charge in [-0.1, -0.05) is 0 Å². The van der Waals surface area contributed by atoms with E-state index in [1.807, 2.05) is 34.6 Å². The van der Waals surface area contributed by atoms with E-state index in [9.17, 15) is 4.79 Å². The fraction of sp³-hybridized carbons (Fsp3) is 0.909. The minimum atomic E-state index is -0.194. The number of ether oxygens (including phenoxy) is 1. The van der Waals surface area contributed by atoms with Gasteiger partial charge in [-0.15, -0.1) is 0 Å². The van der Waals surface area contributed by atoms with E-state index in [-0.39, 0.29) is 30.1 Å². The molecule has 0 heterocycles. The van der Waals surface area contributed by atoms with Crippen LogP contribution >= 0.6 is 0 Å². The minimum absolute atomic E-state index is 0.0279. The van der Waals surface area contributed by atoms with Crippen molar-refractivity contribution < 1.29 is 9.53 Å². The lowest BCUT2D eigenvalue weighted by molar-refractivity contribution is -0.123. The number of hydrogen-bond acceptors (Lipinski definition) is 3. The van der Waals surface area contributed by atoms with Crippen LogP contribution in [0.15, 0.2) is 0 Å². The molecule has 3 unspecified atom stereocenters. The van der Waals surface area contributed by atoms with Crippen molar-refractivity contribution in [3.05, 3.63) is 0 Å². The molecule has 1 amide bonds. The summed E-state index contributed by atoms with van der Waals surface area (Å²) in [6.45, 7) is 9.74. The van der Waals surface area contributed by atoms with E-state index in [2.05, 4.69) is 10.6 Å². The molecular formula is C11H24N2O2. The third kappa shape index (κ3) is 5.74. The van der Waals surface area contributed by atoms with Gasteiger partial charge in [0.25, 0.3) is 0 Å². The molecular weight excluding hydrogens is 192 g/mol. The van der Waals surface area contributed by atoms with Gasteiger partial charge >= 0.3 is 0 Å². The lowest BCUT2D eigenvalue weighted by Crippen LogP contribution is -2.50. The summed E-state index contributed by atoms with van der Waals surface area (Å²) in [7, 11) is 1.67. The maximum atomic E-state index is 11.6. The van der Waals surface area contributed by atoms with Crippen molar-refractivity contribution in [1.82, 2.24) is 10.6 Å². The van der Waals surface area contributed by atoms with Gasteiger partial charge in [0.05, 0.1) is 12.1 Å². The second kappa shape index (κ2) is 6.80. The standard InChI is InChI=1S/C11H24N2O2/c1-7(2)12-11(14)9(4)13-8(3)10(5)15-6/h7-10,13H,1-6H3,(H,12,14). The van der Waals surface area contributed by atoms with Crippen LogP contribution in [0.25, 0.3) is 0 Å². The zero-order chi connectivity index (χ0) is 12.0. The number of nitrogens with one attached hydrogen (secondary N) is 2. The molecule has 90 valence electrons. The molecule has 4 nitrogen and oxygen atoms in total. The van der Waals surface area contributed by atoms with Crippen LogP contribution in [0.3, 0.4) is 0 Å². The predicted octanol–water partition coefficient (Wildman–Crippen LogP) is 0.913. The van der Waals surface area contributed by atoms with Crippen LogP contribution in [0.4, 0.5) is 0 Å². The topological polar surface area (TPSA) is 50.4 Å². The maximum Gasteiger partial charge on any atom is 0.237 e. The van der Waals surface area contributed by atoms with Crippen molar-refractivity contribution >= 4 is 5.91 Å². The Hall–Kier alpha value is -0.610. The first-order valence-electron chi connectivity index (χ1n) is 5.47. The monoisotopic (exact) mass is 216 g/mol. The molecule has 0 aliphatic heterocycles. The lowest BCUT2D eigenvalue weighted by Gasteiger charge is -2.24. The second-order valence-corrected chi connectivity index (χ2v) is 4.28. The summed E-state index contributed by atoms with van der Waals surface area (Å²) in [6, 6.07) is 0.139. The minimum Gasteiger partial charge on any atom is -0.380 e. The van der Waals surface area contributed by atoms with Gasteiger partial charge < -0.3 is 15.4 Å². The Morgan fingerprint density at radius 1 is 1.13 bits per heavy atom. The number of hydrogen-bond donors (Lipinski definition) is 2. The zero-order valence-corrected chi connectivity index (χ0v) is 10.6. The largest absolute Gasteiger partial charge is 0.380 e. The van der Waals surface area contributed by atoms with Gasteiger partial charge in [-0.05, 0) is 34.6 Å². The van der Waals surface area contributed by atoms with Crippen LogP contribution in [-0.2, 0) is 9.53 Å². The first kappa shape index (κ1) is 14.4. The summed E-state index contributed by atoms with van der Waals surface area (Å²) in [5, 5.41) is 6.06. The van der Waals surface area contributed by atoms with Crippen molar-refractivity contribution in [3.8, 4) is 0 Å². The number of carbonyl (C=O) groups excluding carboxylic acids is 1. The van der Waals surface area contributed by atoms with Gasteiger partial charge in [0, 0.05) is 19.2 Å². The third-order valence-electron chi connectivity index (χ3n) is 2.41. The normalized spacial score (nSPS) is 17.3. The van der Waals surface area contributed by atoms with Crippen molar-refractivity contribution in [3.63, 3.8) is 0 Å². The molecule has 0 saturated heterocycles. The van der Waals surface area contributed by atoms with E-state index in [1.165, 1.54) is 0 Å². The molecule has 0 saturated carbocycles. The molecule has 0 aromatic rings. The Bertz CT molecular complexity index is 195. The van der Waals surface area contributed by atoms with E-state index in [4.69, 9.17) is 4.74 Å². The molecule has 0 bridgehead atoms. The third-order valence-corrected chi connectivity index (χ3v) is 2.41. The van der Waals surface area contributed by atoms with E-state index < -0.39 is 0 Å². The molecule has 15 heavy (non-hydrogen) atoms. The quantitative estimate of drug-likeness (QED) is 0.694. The Labute approximate surface area is 92.8 Å². The molecule has 0 aromatic carbocycles. The molecule has 3 atom stereocenters. The van der Waals surface area contributed by atoms with Crippen LogP contribution in [0.2, 0.25) is 0 Å². The summed E-state index contributed by atoms with van der Waals surface area (Å²) >= 11 is 0. The van der Waals surface area contributed by atoms with Gasteiger partial charge in [-0.2, -0.15) is 0 Å². The number of carbonyl (C=O) groups is 1. The first-order chi connectivity index (χ1) is 6.88. The van der Waals surface area contributed by atoms with E-state index in [1.54, 1.807) is 7.11 Å². The molecule has 0 spiro atoms. The van der Waals surface area contributed by atoms with Gasteiger partial charge in [0.1, 0.15) is 0 Å². The van der Waals surface area contributed by atoms with E-state index in [0.717, 1.165) is 0 Å². The van der Waals surface area contributed by atoms with E-state index >= 15 is 0 Å². The van der Waals surface area contributed by atoms with Gasteiger partial charge in [0.2, 0.25) is 5.91 Å². The first-order valence-corrected chi connectivity index (χ1v) is 5.47. The van der Waals surface area contributed by atoms with Crippen LogP contribution in [0.1, 0.15) is 34.6 Å². The molecule has 0 aliphatic carbocycles. The molecule has 0 aromatic heterocycles. The van der Waals surface area contributed by atoms with Crippen LogP contribution in [0, 0.1) is 0 Å². The average Bonchev–Trinajstić information content (AvgIpc) is 2.15. The summed E-state index contributed by atoms with van der Waals surface area (Å²) in [4.78, 5) is 11.6. The van der Waals surface area contributed by atoms with Gasteiger partial charge in [-0.25, -0.2) is 0 Å². The molecule has 0 rings (SSSR count). The highest BCUT2D eigenvalue weighted by Crippen LogP contribution is 1.98. The summed E-state index contributed by atoms with van der Waals surface area (Å²) < 4.78 is 5.18. The summed E-state index contributed by atoms with van der Waals surface area (Å²) in [6.07, 6.45) is 0.0966. The fourth-order valence-electron chi connectivity index (χ4n) is 1.22. The lowest BCUT2D eigenvalue weighted by atomic mass is 10.1. The average molecular weight is 216 g/mol. The highest BCUT2D eigenvalue weighted by atomic mass is 16.5.